The number of halogens is 1. The van der Waals surface area contributed by atoms with E-state index in [1.807, 2.05) is 0 Å². The normalized spacial score (nSPS) is 28.3. The van der Waals surface area contributed by atoms with Gasteiger partial charge in [0.1, 0.15) is 29.5 Å². The summed E-state index contributed by atoms with van der Waals surface area (Å²) in [5, 5.41) is 0. The van der Waals surface area contributed by atoms with Gasteiger partial charge >= 0.3 is 0 Å². The Hall–Kier alpha value is -2.16. The predicted molar refractivity (Wildman–Crippen MR) is 116 cm³/mol. The highest BCUT2D eigenvalue weighted by Crippen LogP contribution is 2.41. The second-order valence-corrected chi connectivity index (χ2v) is 9.62. The van der Waals surface area contributed by atoms with Gasteiger partial charge in [-0.15, -0.1) is 0 Å². The molecule has 0 radical (unpaired) electrons. The average molecular weight is 444 g/mol. The summed E-state index contributed by atoms with van der Waals surface area (Å²) >= 11 is 0. The number of oxazole rings is 1. The van der Waals surface area contributed by atoms with Crippen molar-refractivity contribution in [2.45, 2.75) is 49.3 Å². The molecule has 0 aliphatic carbocycles. The maximum atomic E-state index is 14.1. The lowest BCUT2D eigenvalue weighted by atomic mass is 9.86. The van der Waals surface area contributed by atoms with E-state index in [1.165, 1.54) is 6.07 Å². The molecule has 0 saturated carbocycles. The van der Waals surface area contributed by atoms with E-state index in [-0.39, 0.29) is 17.5 Å². The van der Waals surface area contributed by atoms with Crippen LogP contribution in [0.2, 0.25) is 0 Å². The zero-order chi connectivity index (χ0) is 21.5. The van der Waals surface area contributed by atoms with Crippen molar-refractivity contribution in [3.05, 3.63) is 42.0 Å². The van der Waals surface area contributed by atoms with Gasteiger partial charge < -0.3 is 23.5 Å². The monoisotopic (exact) mass is 443 g/mol. The van der Waals surface area contributed by atoms with Crippen LogP contribution in [0.5, 0.6) is 5.75 Å². The molecular weight excluding hydrogens is 413 g/mol. The Morgan fingerprint density at radius 3 is 2.75 bits per heavy atom. The van der Waals surface area contributed by atoms with E-state index in [9.17, 15) is 4.39 Å². The number of benzene rings is 1. The first-order valence-electron chi connectivity index (χ1n) is 11.7. The SMILES string of the molecule is Fc1ccc(OC2CCOC2)c(C2CCN(C3COC4(C3)CN(c3ncco3)C4)CC2)c1. The third-order valence-electron chi connectivity index (χ3n) is 7.48. The number of ether oxygens (including phenoxy) is 3. The van der Waals surface area contributed by atoms with Crippen LogP contribution in [0.4, 0.5) is 10.4 Å². The number of hydrogen-bond donors (Lipinski definition) is 0. The Labute approximate surface area is 187 Å². The first-order valence-corrected chi connectivity index (χ1v) is 11.7. The molecule has 2 atom stereocenters. The third-order valence-corrected chi connectivity index (χ3v) is 7.48. The van der Waals surface area contributed by atoms with E-state index in [1.54, 1.807) is 24.6 Å². The summed E-state index contributed by atoms with van der Waals surface area (Å²) in [6.45, 7) is 5.82. The highest BCUT2D eigenvalue weighted by atomic mass is 19.1. The van der Waals surface area contributed by atoms with Crippen LogP contribution in [0.15, 0.2) is 35.1 Å². The summed E-state index contributed by atoms with van der Waals surface area (Å²) in [7, 11) is 0. The molecule has 7 nitrogen and oxygen atoms in total. The first kappa shape index (κ1) is 20.4. The molecule has 1 spiro atoms. The molecule has 32 heavy (non-hydrogen) atoms. The highest BCUT2D eigenvalue weighted by Gasteiger charge is 2.52. The zero-order valence-corrected chi connectivity index (χ0v) is 18.2. The lowest BCUT2D eigenvalue weighted by Gasteiger charge is -2.46. The second kappa shape index (κ2) is 8.32. The summed E-state index contributed by atoms with van der Waals surface area (Å²) in [6.07, 6.45) is 7.32. The molecule has 2 unspecified atom stereocenters. The minimum absolute atomic E-state index is 0.0666. The molecule has 4 fully saturated rings. The van der Waals surface area contributed by atoms with Crippen molar-refractivity contribution >= 4 is 6.01 Å². The smallest absolute Gasteiger partial charge is 0.297 e. The largest absolute Gasteiger partial charge is 0.488 e. The molecule has 2 aromatic rings. The van der Waals surface area contributed by atoms with Crippen LogP contribution in [0.3, 0.4) is 0 Å². The number of nitrogens with zero attached hydrogens (tertiary/aromatic N) is 3. The van der Waals surface area contributed by atoms with Crippen LogP contribution >= 0.6 is 0 Å². The van der Waals surface area contributed by atoms with E-state index in [4.69, 9.17) is 18.6 Å². The van der Waals surface area contributed by atoms with E-state index >= 15 is 0 Å². The maximum Gasteiger partial charge on any atom is 0.297 e. The minimum Gasteiger partial charge on any atom is -0.488 e. The molecule has 4 saturated heterocycles. The van der Waals surface area contributed by atoms with Gasteiger partial charge in [0.2, 0.25) is 0 Å². The molecule has 8 heteroatoms. The molecule has 172 valence electrons. The summed E-state index contributed by atoms with van der Waals surface area (Å²) in [5.74, 6) is 0.952. The van der Waals surface area contributed by atoms with E-state index in [2.05, 4.69) is 14.8 Å². The highest BCUT2D eigenvalue weighted by molar-refractivity contribution is 5.38. The molecule has 0 N–H and O–H groups in total. The van der Waals surface area contributed by atoms with Gasteiger partial charge in [0.05, 0.1) is 39.1 Å². The average Bonchev–Trinajstić information content (AvgIpc) is 3.55. The molecule has 6 rings (SSSR count). The molecule has 4 aliphatic rings. The Kier molecular flexibility index (Phi) is 5.31. The van der Waals surface area contributed by atoms with Crippen LogP contribution < -0.4 is 9.64 Å². The topological polar surface area (TPSA) is 60.2 Å². The zero-order valence-electron chi connectivity index (χ0n) is 18.2. The molecule has 4 aliphatic heterocycles. The fraction of sp³-hybridized carbons (Fsp3) is 0.625. The van der Waals surface area contributed by atoms with E-state index < -0.39 is 0 Å². The second-order valence-electron chi connectivity index (χ2n) is 9.62. The Bertz CT molecular complexity index is 919. The Morgan fingerprint density at radius 2 is 2.00 bits per heavy atom. The van der Waals surface area contributed by atoms with Gasteiger partial charge in [-0.2, -0.15) is 0 Å². The predicted octanol–water partition coefficient (Wildman–Crippen LogP) is 3.21. The number of anilines is 1. The number of likely N-dealkylation sites (tertiary alicyclic amines) is 1. The van der Waals surface area contributed by atoms with Gasteiger partial charge in [0.15, 0.2) is 0 Å². The molecule has 1 aromatic carbocycles. The van der Waals surface area contributed by atoms with Crippen molar-refractivity contribution < 1.29 is 23.0 Å². The van der Waals surface area contributed by atoms with Gasteiger partial charge in [-0.05, 0) is 56.5 Å². The van der Waals surface area contributed by atoms with Crippen molar-refractivity contribution in [2.24, 2.45) is 0 Å². The van der Waals surface area contributed by atoms with Crippen molar-refractivity contribution in [2.75, 3.05) is 50.9 Å². The quantitative estimate of drug-likeness (QED) is 0.703. The van der Waals surface area contributed by atoms with Gasteiger partial charge in [0.25, 0.3) is 6.01 Å². The van der Waals surface area contributed by atoms with Crippen molar-refractivity contribution in [1.29, 1.82) is 0 Å². The minimum atomic E-state index is -0.191. The van der Waals surface area contributed by atoms with Gasteiger partial charge in [0, 0.05) is 18.0 Å². The summed E-state index contributed by atoms with van der Waals surface area (Å²) < 4.78 is 37.4. The molecular formula is C24H30FN3O4. The lowest BCUT2D eigenvalue weighted by molar-refractivity contribution is -0.0215. The van der Waals surface area contributed by atoms with Crippen LogP contribution in [0, 0.1) is 5.82 Å². The Morgan fingerprint density at radius 1 is 1.12 bits per heavy atom. The van der Waals surface area contributed by atoms with Crippen LogP contribution in [-0.4, -0.2) is 73.6 Å². The first-order chi connectivity index (χ1) is 15.7. The van der Waals surface area contributed by atoms with Gasteiger partial charge in [-0.3, -0.25) is 4.90 Å². The van der Waals surface area contributed by atoms with Crippen LogP contribution in [0.25, 0.3) is 0 Å². The van der Waals surface area contributed by atoms with Gasteiger partial charge in [-0.1, -0.05) is 0 Å². The number of aromatic nitrogens is 1. The van der Waals surface area contributed by atoms with E-state index in [0.29, 0.717) is 24.6 Å². The van der Waals surface area contributed by atoms with Crippen molar-refractivity contribution in [3.63, 3.8) is 0 Å². The van der Waals surface area contributed by atoms with Crippen LogP contribution in [0.1, 0.15) is 37.2 Å². The van der Waals surface area contributed by atoms with Crippen molar-refractivity contribution in [3.8, 4) is 5.75 Å². The third kappa shape index (κ3) is 3.89. The molecule has 1 aromatic heterocycles. The van der Waals surface area contributed by atoms with Gasteiger partial charge in [-0.25, -0.2) is 9.37 Å². The fourth-order valence-corrected chi connectivity index (χ4v) is 5.74. The summed E-state index contributed by atoms with van der Waals surface area (Å²) in [4.78, 5) is 8.93. The molecule has 0 bridgehead atoms. The summed E-state index contributed by atoms with van der Waals surface area (Å²) in [5.41, 5.74) is 0.944. The van der Waals surface area contributed by atoms with E-state index in [0.717, 1.165) is 76.4 Å². The number of piperidine rings is 1. The molecule has 5 heterocycles. The standard InChI is InChI=1S/C24H30FN3O4/c25-18-1-2-22(32-20-5-9-29-14-20)21(11-18)17-3-7-27(8-4-17)19-12-24(31-13-19)15-28(16-24)23-26-6-10-30-23/h1-2,6,10-11,17,19-20H,3-5,7-9,12-16H2. The van der Waals surface area contributed by atoms with Crippen molar-refractivity contribution in [1.82, 2.24) is 9.88 Å². The lowest BCUT2D eigenvalue weighted by Crippen LogP contribution is -2.62. The van der Waals surface area contributed by atoms with Crippen LogP contribution in [-0.2, 0) is 9.47 Å². The number of rotatable bonds is 5. The summed E-state index contributed by atoms with van der Waals surface area (Å²) in [6, 6.07) is 6.09. The maximum absolute atomic E-state index is 14.1. The Balaban J connectivity index is 1.05. The number of hydrogen-bond acceptors (Lipinski definition) is 7. The molecule has 0 amide bonds. The fourth-order valence-electron chi connectivity index (χ4n) is 5.74.